The zero-order valence-electron chi connectivity index (χ0n) is 22.8. The average Bonchev–Trinajstić information content (AvgIpc) is 3.63. The number of ketones is 1. The van der Waals surface area contributed by atoms with Gasteiger partial charge in [-0.05, 0) is 98.2 Å². The van der Waals surface area contributed by atoms with Crippen molar-refractivity contribution >= 4 is 5.78 Å². The molecule has 12 atom stereocenters. The zero-order valence-corrected chi connectivity index (χ0v) is 22.8. The van der Waals surface area contributed by atoms with Gasteiger partial charge >= 0.3 is 0 Å². The smallest absolute Gasteiger partial charge is 0.145 e. The Kier molecular flexibility index (Phi) is 5.95. The van der Waals surface area contributed by atoms with Gasteiger partial charge in [0.05, 0.1) is 17.6 Å². The van der Waals surface area contributed by atoms with Gasteiger partial charge in [-0.25, -0.2) is 0 Å². The van der Waals surface area contributed by atoms with Crippen molar-refractivity contribution < 1.29 is 19.7 Å². The van der Waals surface area contributed by atoms with E-state index in [0.717, 1.165) is 37.5 Å². The molecule has 4 heteroatoms. The van der Waals surface area contributed by atoms with E-state index in [1.807, 2.05) is 0 Å². The van der Waals surface area contributed by atoms with E-state index in [1.165, 1.54) is 12.8 Å². The van der Waals surface area contributed by atoms with Crippen LogP contribution in [-0.2, 0) is 9.53 Å². The van der Waals surface area contributed by atoms with Crippen molar-refractivity contribution in [2.45, 2.75) is 118 Å². The predicted molar refractivity (Wildman–Crippen MR) is 134 cm³/mol. The molecule has 0 amide bonds. The van der Waals surface area contributed by atoms with Crippen LogP contribution >= 0.6 is 0 Å². The summed E-state index contributed by atoms with van der Waals surface area (Å²) in [7, 11) is 0. The molecular formula is C30H50O4. The predicted octanol–water partition coefficient (Wildman–Crippen LogP) is 5.63. The number of hydrogen-bond donors (Lipinski definition) is 2. The Hall–Kier alpha value is -0.450. The number of hydrogen-bond acceptors (Lipinski definition) is 4. The third-order valence-corrected chi connectivity index (χ3v) is 12.9. The molecule has 5 aliphatic rings. The molecule has 5 rings (SSSR count). The van der Waals surface area contributed by atoms with Crippen molar-refractivity contribution in [3.05, 3.63) is 0 Å². The van der Waals surface area contributed by atoms with Crippen LogP contribution in [0.5, 0.6) is 0 Å². The standard InChI is InChI=1S/C30H50O4/c1-17(2)19(4)28(6)16-24(28)18(3)22-8-9-23(27(22,5)12-13-31)21-14-25-30(34-25)15-20(32)10-11-29(30,7)26(21)33/h17-25,31-32H,8-16H2,1-7H3/t18-,19+,20-,21?,22?,23?,24+,25-,27+,28+,29+,30-/m0/s1. The SMILES string of the molecule is CC(C)[C@@H](C)[C@@]1(C)C[C@@H]1[C@@H](C)C1CCC(C2C[C@@H]3O[C@@]34C[C@@H](O)CC[C@]4(C)C2=O)[C@]1(C)CCO. The van der Waals surface area contributed by atoms with Crippen LogP contribution in [0.2, 0.25) is 0 Å². The fourth-order valence-electron chi connectivity index (χ4n) is 10.1. The molecule has 1 aliphatic heterocycles. The second-order valence-corrected chi connectivity index (χ2v) is 14.4. The molecule has 1 saturated heterocycles. The van der Waals surface area contributed by atoms with E-state index < -0.39 is 11.0 Å². The molecule has 4 nitrogen and oxygen atoms in total. The highest BCUT2D eigenvalue weighted by Gasteiger charge is 2.76. The number of Topliss-reactive ketones (excluding diaryl/α,β-unsaturated/α-hetero) is 1. The summed E-state index contributed by atoms with van der Waals surface area (Å²) in [5.41, 5.74) is -0.423. The lowest BCUT2D eigenvalue weighted by Crippen LogP contribution is -2.57. The molecule has 0 bridgehead atoms. The fourth-order valence-corrected chi connectivity index (χ4v) is 10.1. The Bertz CT molecular complexity index is 825. The van der Waals surface area contributed by atoms with Gasteiger partial charge in [0.2, 0.25) is 0 Å². The molecule has 3 unspecified atom stereocenters. The maximum Gasteiger partial charge on any atom is 0.145 e. The molecule has 194 valence electrons. The van der Waals surface area contributed by atoms with Gasteiger partial charge in [0.1, 0.15) is 11.4 Å². The minimum absolute atomic E-state index is 0.00150. The molecule has 1 heterocycles. The molecule has 5 fully saturated rings. The van der Waals surface area contributed by atoms with E-state index in [0.29, 0.717) is 47.7 Å². The van der Waals surface area contributed by atoms with Crippen LogP contribution in [0.25, 0.3) is 0 Å². The van der Waals surface area contributed by atoms with Crippen molar-refractivity contribution in [1.29, 1.82) is 0 Å². The quantitative estimate of drug-likeness (QED) is 0.469. The van der Waals surface area contributed by atoms with Gasteiger partial charge in [-0.2, -0.15) is 0 Å². The number of rotatable bonds is 7. The molecule has 0 radical (unpaired) electrons. The van der Waals surface area contributed by atoms with Crippen LogP contribution in [0.15, 0.2) is 0 Å². The number of carbonyl (C=O) groups excluding carboxylic acids is 1. The van der Waals surface area contributed by atoms with Crippen LogP contribution in [0.3, 0.4) is 0 Å². The first kappa shape index (κ1) is 25.2. The molecule has 4 saturated carbocycles. The van der Waals surface area contributed by atoms with E-state index in [2.05, 4.69) is 48.5 Å². The van der Waals surface area contributed by atoms with Crippen LogP contribution < -0.4 is 0 Å². The highest BCUT2D eigenvalue weighted by Crippen LogP contribution is 2.70. The maximum atomic E-state index is 14.2. The highest BCUT2D eigenvalue weighted by atomic mass is 16.6. The van der Waals surface area contributed by atoms with Gasteiger partial charge in [0.15, 0.2) is 0 Å². The molecule has 1 spiro atoms. The second-order valence-electron chi connectivity index (χ2n) is 14.4. The summed E-state index contributed by atoms with van der Waals surface area (Å²) in [5.74, 6) is 4.15. The molecular weight excluding hydrogens is 424 g/mol. The number of carbonyl (C=O) groups is 1. The van der Waals surface area contributed by atoms with Gasteiger partial charge in [-0.1, -0.05) is 41.5 Å². The van der Waals surface area contributed by atoms with Crippen molar-refractivity contribution in [3.63, 3.8) is 0 Å². The van der Waals surface area contributed by atoms with Crippen molar-refractivity contribution in [2.24, 2.45) is 57.7 Å². The molecule has 4 aliphatic carbocycles. The first-order valence-corrected chi connectivity index (χ1v) is 14.4. The Labute approximate surface area is 207 Å². The van der Waals surface area contributed by atoms with Crippen LogP contribution in [0, 0.1) is 57.7 Å². The lowest BCUT2D eigenvalue weighted by atomic mass is 9.52. The van der Waals surface area contributed by atoms with Gasteiger partial charge < -0.3 is 14.9 Å². The van der Waals surface area contributed by atoms with E-state index in [4.69, 9.17) is 4.74 Å². The molecule has 0 aromatic rings. The summed E-state index contributed by atoms with van der Waals surface area (Å²) >= 11 is 0. The normalized spacial score (nSPS) is 53.9. The summed E-state index contributed by atoms with van der Waals surface area (Å²) in [4.78, 5) is 14.2. The third kappa shape index (κ3) is 3.29. The summed E-state index contributed by atoms with van der Waals surface area (Å²) in [6.45, 7) is 16.9. The van der Waals surface area contributed by atoms with Gasteiger partial charge in [-0.15, -0.1) is 0 Å². The van der Waals surface area contributed by atoms with Crippen LogP contribution in [0.4, 0.5) is 0 Å². The third-order valence-electron chi connectivity index (χ3n) is 12.9. The van der Waals surface area contributed by atoms with E-state index in [9.17, 15) is 15.0 Å². The molecule has 34 heavy (non-hydrogen) atoms. The van der Waals surface area contributed by atoms with Crippen LogP contribution in [0.1, 0.15) is 99.8 Å². The number of aliphatic hydroxyl groups excluding tert-OH is 2. The Morgan fingerprint density at radius 2 is 1.74 bits per heavy atom. The zero-order chi connectivity index (χ0) is 24.8. The molecule has 0 aromatic heterocycles. The number of ether oxygens (including phenoxy) is 1. The average molecular weight is 475 g/mol. The fraction of sp³-hybridized carbons (Fsp3) is 0.967. The van der Waals surface area contributed by atoms with Crippen LogP contribution in [-0.4, -0.2) is 40.4 Å². The van der Waals surface area contributed by atoms with Gasteiger partial charge in [-0.3, -0.25) is 4.79 Å². The summed E-state index contributed by atoms with van der Waals surface area (Å²) in [6, 6.07) is 0. The molecule has 0 aromatic carbocycles. The van der Waals surface area contributed by atoms with E-state index in [1.54, 1.807) is 0 Å². The van der Waals surface area contributed by atoms with E-state index >= 15 is 0 Å². The topological polar surface area (TPSA) is 70.1 Å². The lowest BCUT2D eigenvalue weighted by Gasteiger charge is -2.49. The number of epoxide rings is 1. The van der Waals surface area contributed by atoms with Crippen molar-refractivity contribution in [3.8, 4) is 0 Å². The summed E-state index contributed by atoms with van der Waals surface area (Å²) < 4.78 is 6.30. The summed E-state index contributed by atoms with van der Waals surface area (Å²) in [6.07, 6.45) is 7.10. The van der Waals surface area contributed by atoms with Crippen molar-refractivity contribution in [1.82, 2.24) is 0 Å². The Morgan fingerprint density at radius 1 is 1.03 bits per heavy atom. The first-order valence-electron chi connectivity index (χ1n) is 14.4. The summed E-state index contributed by atoms with van der Waals surface area (Å²) in [5, 5.41) is 20.5. The molecule has 2 N–H and O–H groups in total. The highest BCUT2D eigenvalue weighted by molar-refractivity contribution is 5.90. The van der Waals surface area contributed by atoms with E-state index in [-0.39, 0.29) is 30.1 Å². The minimum atomic E-state index is -0.453. The van der Waals surface area contributed by atoms with Crippen molar-refractivity contribution in [2.75, 3.05) is 6.61 Å². The Balaban J connectivity index is 1.38. The lowest BCUT2D eigenvalue weighted by molar-refractivity contribution is -0.147. The first-order chi connectivity index (χ1) is 15.9. The largest absolute Gasteiger partial charge is 0.396 e. The number of aliphatic hydroxyl groups is 2. The maximum absolute atomic E-state index is 14.2. The monoisotopic (exact) mass is 474 g/mol. The van der Waals surface area contributed by atoms with Gasteiger partial charge in [0, 0.05) is 18.9 Å². The second kappa shape index (κ2) is 8.02. The Morgan fingerprint density at radius 3 is 2.38 bits per heavy atom. The minimum Gasteiger partial charge on any atom is -0.396 e. The van der Waals surface area contributed by atoms with Gasteiger partial charge in [0.25, 0.3) is 0 Å².